The molecule has 3 nitrogen and oxygen atoms in total. The third-order valence-electron chi connectivity index (χ3n) is 0.805. The Morgan fingerprint density at radius 3 is 2.50 bits per heavy atom. The molecule has 0 spiro atoms. The Kier molecular flexibility index (Phi) is 3.98. The van der Waals surface area contributed by atoms with E-state index in [1.807, 2.05) is 0 Å². The fraction of sp³-hybridized carbons (Fsp3) is 0.750. The molecule has 0 aromatic heterocycles. The van der Waals surface area contributed by atoms with Crippen LogP contribution in [0.25, 0.3) is 0 Å². The molecule has 4 heteroatoms. The van der Waals surface area contributed by atoms with E-state index in [0.29, 0.717) is 6.61 Å². The Labute approximate surface area is 77.0 Å². The molecule has 0 saturated carbocycles. The van der Waals surface area contributed by atoms with Gasteiger partial charge in [-0.25, -0.2) is 0 Å². The second kappa shape index (κ2) is 3.67. The van der Waals surface area contributed by atoms with E-state index < -0.39 is 5.97 Å². The average Bonchev–Trinajstić information content (AvgIpc) is 2.17. The Hall–Kier alpha value is 0.690. The fourth-order valence-corrected chi connectivity index (χ4v) is 0.381. The SMILES string of the molecule is O=C(O)C[C@H]1CO1.[CaH2]. The molecule has 0 amide bonds. The minimum atomic E-state index is -0.775. The molecule has 0 radical (unpaired) electrons. The van der Waals surface area contributed by atoms with Crippen molar-refractivity contribution in [1.29, 1.82) is 0 Å². The van der Waals surface area contributed by atoms with Crippen molar-refractivity contribution in [3.05, 3.63) is 0 Å². The van der Waals surface area contributed by atoms with E-state index in [1.165, 1.54) is 0 Å². The summed E-state index contributed by atoms with van der Waals surface area (Å²) in [7, 11) is 0. The number of aliphatic carboxylic acids is 1. The van der Waals surface area contributed by atoms with Gasteiger partial charge in [0.05, 0.1) is 19.1 Å². The van der Waals surface area contributed by atoms with Crippen molar-refractivity contribution < 1.29 is 14.6 Å². The number of ether oxygens (including phenoxy) is 1. The molecule has 44 valence electrons. The molecule has 0 aromatic carbocycles. The normalized spacial score (nSPS) is 23.8. The summed E-state index contributed by atoms with van der Waals surface area (Å²) < 4.78 is 4.64. The quantitative estimate of drug-likeness (QED) is 0.397. The van der Waals surface area contributed by atoms with E-state index in [-0.39, 0.29) is 50.3 Å². The molecule has 1 N–H and O–H groups in total. The monoisotopic (exact) mass is 144 g/mol. The van der Waals surface area contributed by atoms with E-state index in [1.54, 1.807) is 0 Å². The number of carboxylic acid groups (broad SMARTS) is 1. The van der Waals surface area contributed by atoms with Crippen LogP contribution in [0.5, 0.6) is 0 Å². The van der Waals surface area contributed by atoms with Crippen LogP contribution in [0.15, 0.2) is 0 Å². The standard InChI is InChI=1S/C4H6O3.Ca.2H/c5-4(6)1-3-2-7-3;;;/h3H,1-2H2,(H,5,6);;;/t3-;;;/m0.../s1. The zero-order valence-electron chi connectivity index (χ0n) is 3.76. The number of epoxide rings is 1. The van der Waals surface area contributed by atoms with Crippen LogP contribution < -0.4 is 0 Å². The van der Waals surface area contributed by atoms with Crippen LogP contribution in [0.2, 0.25) is 0 Å². The molecule has 0 aromatic rings. The van der Waals surface area contributed by atoms with E-state index >= 15 is 0 Å². The Balaban J connectivity index is 0.000000490. The number of carbonyl (C=O) groups is 1. The average molecular weight is 144 g/mol. The van der Waals surface area contributed by atoms with E-state index in [0.717, 1.165) is 0 Å². The Morgan fingerprint density at radius 1 is 1.88 bits per heavy atom. The van der Waals surface area contributed by atoms with Gasteiger partial charge in [-0.2, -0.15) is 0 Å². The number of hydrogen-bond acceptors (Lipinski definition) is 2. The molecular weight excluding hydrogens is 136 g/mol. The topological polar surface area (TPSA) is 49.8 Å². The summed E-state index contributed by atoms with van der Waals surface area (Å²) in [6, 6.07) is 0. The molecular formula is C4H8CaO3. The van der Waals surface area contributed by atoms with Crippen LogP contribution in [-0.4, -0.2) is 61.5 Å². The number of carboxylic acids is 1. The zero-order chi connectivity index (χ0) is 5.28. The van der Waals surface area contributed by atoms with Gasteiger partial charge >= 0.3 is 43.7 Å². The van der Waals surface area contributed by atoms with Gasteiger partial charge in [-0.15, -0.1) is 0 Å². The van der Waals surface area contributed by atoms with Gasteiger partial charge in [0.15, 0.2) is 0 Å². The summed E-state index contributed by atoms with van der Waals surface area (Å²) in [4.78, 5) is 9.77. The van der Waals surface area contributed by atoms with Crippen molar-refractivity contribution in [2.45, 2.75) is 12.5 Å². The van der Waals surface area contributed by atoms with Gasteiger partial charge in [-0.05, 0) is 0 Å². The molecule has 1 aliphatic rings. The first kappa shape index (κ1) is 8.69. The second-order valence-corrected chi connectivity index (χ2v) is 1.55. The van der Waals surface area contributed by atoms with Crippen LogP contribution in [0.3, 0.4) is 0 Å². The maximum absolute atomic E-state index is 9.77. The first-order valence-corrected chi connectivity index (χ1v) is 2.12. The van der Waals surface area contributed by atoms with Gasteiger partial charge in [0.25, 0.3) is 0 Å². The van der Waals surface area contributed by atoms with Crippen molar-refractivity contribution in [3.8, 4) is 0 Å². The molecule has 1 heterocycles. The van der Waals surface area contributed by atoms with Gasteiger partial charge in [-0.1, -0.05) is 0 Å². The van der Waals surface area contributed by atoms with E-state index in [9.17, 15) is 4.79 Å². The van der Waals surface area contributed by atoms with Crippen LogP contribution in [0.4, 0.5) is 0 Å². The molecule has 1 rings (SSSR count). The fourth-order valence-electron chi connectivity index (χ4n) is 0.381. The van der Waals surface area contributed by atoms with Gasteiger partial charge in [0.1, 0.15) is 0 Å². The van der Waals surface area contributed by atoms with E-state index in [2.05, 4.69) is 4.74 Å². The summed E-state index contributed by atoms with van der Waals surface area (Å²) >= 11 is 0. The Bertz CT molecular complexity index is 89.3. The summed E-state index contributed by atoms with van der Waals surface area (Å²) in [6.45, 7) is 0.631. The van der Waals surface area contributed by atoms with Gasteiger partial charge < -0.3 is 9.84 Å². The van der Waals surface area contributed by atoms with Crippen LogP contribution in [0.1, 0.15) is 6.42 Å². The zero-order valence-corrected chi connectivity index (χ0v) is 3.76. The first-order chi connectivity index (χ1) is 3.29. The number of rotatable bonds is 2. The van der Waals surface area contributed by atoms with Crippen molar-refractivity contribution in [1.82, 2.24) is 0 Å². The summed E-state index contributed by atoms with van der Waals surface area (Å²) in [6.07, 6.45) is 0.192. The molecule has 1 fully saturated rings. The van der Waals surface area contributed by atoms with Gasteiger partial charge in [-0.3, -0.25) is 4.79 Å². The molecule has 1 aliphatic heterocycles. The molecule has 1 atom stereocenters. The molecule has 0 aliphatic carbocycles. The molecule has 1 saturated heterocycles. The van der Waals surface area contributed by atoms with Crippen LogP contribution in [-0.2, 0) is 9.53 Å². The first-order valence-electron chi connectivity index (χ1n) is 2.12. The molecule has 0 unspecified atom stereocenters. The minimum absolute atomic E-state index is 0. The van der Waals surface area contributed by atoms with Crippen molar-refractivity contribution in [2.75, 3.05) is 6.61 Å². The summed E-state index contributed by atoms with van der Waals surface area (Å²) in [5.41, 5.74) is 0. The third-order valence-corrected chi connectivity index (χ3v) is 0.805. The summed E-state index contributed by atoms with van der Waals surface area (Å²) in [5, 5.41) is 8.04. The molecule has 0 bridgehead atoms. The third kappa shape index (κ3) is 3.66. The number of hydrogen-bond donors (Lipinski definition) is 1. The van der Waals surface area contributed by atoms with Gasteiger partial charge in [0, 0.05) is 0 Å². The van der Waals surface area contributed by atoms with Crippen LogP contribution in [0, 0.1) is 0 Å². The predicted molar refractivity (Wildman–Crippen MR) is 30.5 cm³/mol. The Morgan fingerprint density at radius 2 is 2.38 bits per heavy atom. The van der Waals surface area contributed by atoms with Gasteiger partial charge in [0.2, 0.25) is 0 Å². The van der Waals surface area contributed by atoms with Crippen molar-refractivity contribution >= 4 is 43.7 Å². The predicted octanol–water partition coefficient (Wildman–Crippen LogP) is -1.06. The van der Waals surface area contributed by atoms with Crippen molar-refractivity contribution in [3.63, 3.8) is 0 Å². The molecule has 8 heavy (non-hydrogen) atoms. The van der Waals surface area contributed by atoms with Crippen molar-refractivity contribution in [2.24, 2.45) is 0 Å². The van der Waals surface area contributed by atoms with E-state index in [4.69, 9.17) is 5.11 Å². The van der Waals surface area contributed by atoms with Crippen LogP contribution >= 0.6 is 0 Å². The maximum atomic E-state index is 9.77. The second-order valence-electron chi connectivity index (χ2n) is 1.55. The summed E-state index contributed by atoms with van der Waals surface area (Å²) in [5.74, 6) is -0.775.